The molecule has 0 saturated heterocycles. The van der Waals surface area contributed by atoms with Crippen molar-refractivity contribution >= 4 is 11.8 Å². The highest BCUT2D eigenvalue weighted by atomic mass is 14.6. The first-order valence-corrected chi connectivity index (χ1v) is 4.30. The minimum Gasteiger partial charge on any atom is -0.398 e. The molecule has 2 N–H and O–H groups in total. The van der Waals surface area contributed by atoms with Gasteiger partial charge < -0.3 is 5.73 Å². The van der Waals surface area contributed by atoms with E-state index >= 15 is 0 Å². The topological polar surface area (TPSA) is 26.0 Å². The summed E-state index contributed by atoms with van der Waals surface area (Å²) in [4.78, 5) is 0. The van der Waals surface area contributed by atoms with Crippen molar-refractivity contribution in [3.05, 3.63) is 47.6 Å². The first-order valence-electron chi connectivity index (χ1n) is 4.30. The van der Waals surface area contributed by atoms with Crippen molar-refractivity contribution in [1.82, 2.24) is 0 Å². The molecule has 0 unspecified atom stereocenters. The minimum absolute atomic E-state index is 0.847. The molecule has 0 fully saturated rings. The van der Waals surface area contributed by atoms with E-state index in [-0.39, 0.29) is 0 Å². The van der Waals surface area contributed by atoms with Crippen LogP contribution in [0.3, 0.4) is 0 Å². The summed E-state index contributed by atoms with van der Waals surface area (Å²) in [7, 11) is 0. The molecule has 0 aliphatic carbocycles. The molecule has 13 heavy (non-hydrogen) atoms. The number of aryl methyl sites for hydroxylation is 1. The van der Waals surface area contributed by atoms with Crippen molar-refractivity contribution in [2.45, 2.75) is 13.8 Å². The highest BCUT2D eigenvalue weighted by Crippen LogP contribution is 2.18. The number of nitrogen functional groups attached to an aromatic ring is 1. The number of nitrogens with two attached hydrogens (primary N) is 1. The second kappa shape index (κ2) is 3.94. The molecule has 1 aromatic carbocycles. The maximum absolute atomic E-state index is 5.89. The van der Waals surface area contributed by atoms with Crippen molar-refractivity contribution in [2.24, 2.45) is 0 Å². The Morgan fingerprint density at radius 2 is 2.15 bits per heavy atom. The van der Waals surface area contributed by atoms with Gasteiger partial charge in [0.15, 0.2) is 0 Å². The van der Waals surface area contributed by atoms with Gasteiger partial charge in [-0.2, -0.15) is 0 Å². The molecule has 0 aromatic heterocycles. The first kappa shape index (κ1) is 9.59. The van der Waals surface area contributed by atoms with Crippen molar-refractivity contribution in [2.75, 3.05) is 5.73 Å². The number of rotatable bonds is 2. The average molecular weight is 173 g/mol. The molecule has 0 radical (unpaired) electrons. The van der Waals surface area contributed by atoms with E-state index in [0.29, 0.717) is 0 Å². The summed E-state index contributed by atoms with van der Waals surface area (Å²) in [6, 6.07) is 6.01. The van der Waals surface area contributed by atoms with E-state index in [0.717, 1.165) is 22.4 Å². The van der Waals surface area contributed by atoms with Crippen LogP contribution < -0.4 is 5.73 Å². The fourth-order valence-electron chi connectivity index (χ4n) is 1.08. The Morgan fingerprint density at radius 3 is 2.77 bits per heavy atom. The van der Waals surface area contributed by atoms with Crippen molar-refractivity contribution in [3.63, 3.8) is 0 Å². The van der Waals surface area contributed by atoms with E-state index in [4.69, 9.17) is 5.73 Å². The van der Waals surface area contributed by atoms with E-state index in [1.54, 1.807) is 0 Å². The second-order valence-electron chi connectivity index (χ2n) is 3.26. The highest BCUT2D eigenvalue weighted by molar-refractivity contribution is 5.68. The molecular formula is C12H15N. The minimum atomic E-state index is 0.847. The smallest absolute Gasteiger partial charge is 0.0417 e. The van der Waals surface area contributed by atoms with Gasteiger partial charge in [0, 0.05) is 5.69 Å². The molecule has 0 heterocycles. The molecule has 1 rings (SSSR count). The molecule has 0 aliphatic rings. The van der Waals surface area contributed by atoms with Crippen LogP contribution in [0, 0.1) is 6.92 Å². The van der Waals surface area contributed by atoms with Crippen molar-refractivity contribution in [1.29, 1.82) is 0 Å². The molecule has 68 valence electrons. The van der Waals surface area contributed by atoms with Gasteiger partial charge in [-0.25, -0.2) is 0 Å². The van der Waals surface area contributed by atoms with E-state index in [1.165, 1.54) is 0 Å². The Morgan fingerprint density at radius 1 is 1.46 bits per heavy atom. The summed E-state index contributed by atoms with van der Waals surface area (Å²) in [6.45, 7) is 7.76. The van der Waals surface area contributed by atoms with Crippen LogP contribution in [0.15, 0.2) is 36.4 Å². The standard InChI is InChI=1S/C12H15N/c1-9(2)7-8-11-6-4-5-10(3)12(11)13/h4-8H,1,13H2,2-3H3/b8-7-. The molecule has 0 bridgehead atoms. The van der Waals surface area contributed by atoms with Crippen LogP contribution in [0.1, 0.15) is 18.1 Å². The third-order valence-electron chi connectivity index (χ3n) is 1.91. The van der Waals surface area contributed by atoms with Crippen LogP contribution in [-0.2, 0) is 0 Å². The van der Waals surface area contributed by atoms with Gasteiger partial charge in [0.1, 0.15) is 0 Å². The van der Waals surface area contributed by atoms with Crippen molar-refractivity contribution in [3.8, 4) is 0 Å². The number of allylic oxidation sites excluding steroid dienone is 2. The van der Waals surface area contributed by atoms with Gasteiger partial charge in [-0.15, -0.1) is 0 Å². The number of anilines is 1. The van der Waals surface area contributed by atoms with E-state index < -0.39 is 0 Å². The van der Waals surface area contributed by atoms with E-state index in [1.807, 2.05) is 44.2 Å². The van der Waals surface area contributed by atoms with Crippen LogP contribution in [-0.4, -0.2) is 0 Å². The van der Waals surface area contributed by atoms with Crippen LogP contribution in [0.4, 0.5) is 5.69 Å². The summed E-state index contributed by atoms with van der Waals surface area (Å²) < 4.78 is 0. The normalized spacial score (nSPS) is 10.6. The summed E-state index contributed by atoms with van der Waals surface area (Å²) >= 11 is 0. The molecule has 0 atom stereocenters. The predicted molar refractivity (Wildman–Crippen MR) is 59.4 cm³/mol. The van der Waals surface area contributed by atoms with E-state index in [2.05, 4.69) is 6.58 Å². The third kappa shape index (κ3) is 2.48. The van der Waals surface area contributed by atoms with Gasteiger partial charge in [0.25, 0.3) is 0 Å². The Labute approximate surface area is 79.6 Å². The summed E-state index contributed by atoms with van der Waals surface area (Å²) in [5.41, 5.74) is 9.94. The monoisotopic (exact) mass is 173 g/mol. The fourth-order valence-corrected chi connectivity index (χ4v) is 1.08. The summed E-state index contributed by atoms with van der Waals surface area (Å²) in [6.07, 6.45) is 3.95. The van der Waals surface area contributed by atoms with Crippen LogP contribution >= 0.6 is 0 Å². The van der Waals surface area contributed by atoms with E-state index in [9.17, 15) is 0 Å². The Bertz CT molecular complexity index is 348. The molecule has 1 nitrogen and oxygen atoms in total. The summed E-state index contributed by atoms with van der Waals surface area (Å²) in [5, 5.41) is 0. The predicted octanol–water partition coefficient (Wildman–Crippen LogP) is 3.17. The largest absolute Gasteiger partial charge is 0.398 e. The van der Waals surface area contributed by atoms with Gasteiger partial charge in [-0.1, -0.05) is 42.5 Å². The lowest BCUT2D eigenvalue weighted by Crippen LogP contribution is -1.92. The number of hydrogen-bond acceptors (Lipinski definition) is 1. The van der Waals surface area contributed by atoms with Gasteiger partial charge in [-0.05, 0) is 25.0 Å². The summed E-state index contributed by atoms with van der Waals surface area (Å²) in [5.74, 6) is 0. The zero-order valence-electron chi connectivity index (χ0n) is 8.17. The molecule has 1 heteroatoms. The lowest BCUT2D eigenvalue weighted by molar-refractivity contribution is 1.45. The molecule has 1 aromatic rings. The molecule has 0 spiro atoms. The Balaban J connectivity index is 3.02. The maximum atomic E-state index is 5.89. The van der Waals surface area contributed by atoms with Gasteiger partial charge in [0.05, 0.1) is 0 Å². The quantitative estimate of drug-likeness (QED) is 0.539. The maximum Gasteiger partial charge on any atom is 0.0417 e. The highest BCUT2D eigenvalue weighted by Gasteiger charge is 1.96. The lowest BCUT2D eigenvalue weighted by Gasteiger charge is -2.03. The molecule has 0 saturated carbocycles. The SMILES string of the molecule is C=C(C)/C=C\c1cccc(C)c1N. The van der Waals surface area contributed by atoms with Gasteiger partial charge in [0.2, 0.25) is 0 Å². The van der Waals surface area contributed by atoms with Crippen molar-refractivity contribution < 1.29 is 0 Å². The number of para-hydroxylation sites is 1. The fraction of sp³-hybridized carbons (Fsp3) is 0.167. The molecule has 0 amide bonds. The number of hydrogen-bond donors (Lipinski definition) is 1. The first-order chi connectivity index (χ1) is 6.11. The van der Waals surface area contributed by atoms with Gasteiger partial charge >= 0.3 is 0 Å². The van der Waals surface area contributed by atoms with Crippen LogP contribution in [0.5, 0.6) is 0 Å². The third-order valence-corrected chi connectivity index (χ3v) is 1.91. The Hall–Kier alpha value is -1.50. The average Bonchev–Trinajstić information content (AvgIpc) is 2.07. The van der Waals surface area contributed by atoms with Crippen LogP contribution in [0.2, 0.25) is 0 Å². The van der Waals surface area contributed by atoms with Gasteiger partial charge in [-0.3, -0.25) is 0 Å². The second-order valence-corrected chi connectivity index (χ2v) is 3.26. The lowest BCUT2D eigenvalue weighted by atomic mass is 10.1. The van der Waals surface area contributed by atoms with Crippen LogP contribution in [0.25, 0.3) is 6.08 Å². The molecular weight excluding hydrogens is 158 g/mol. The molecule has 0 aliphatic heterocycles. The number of benzene rings is 1. The zero-order chi connectivity index (χ0) is 9.84. The Kier molecular flexibility index (Phi) is 2.91. The zero-order valence-corrected chi connectivity index (χ0v) is 8.17.